The molecule has 0 heterocycles. The van der Waals surface area contributed by atoms with E-state index in [1.165, 1.54) is 37.4 Å². The first kappa shape index (κ1) is 14.1. The maximum absolute atomic E-state index is 13.3. The third-order valence-corrected chi connectivity index (χ3v) is 2.86. The average Bonchev–Trinajstić information content (AvgIpc) is 2.44. The normalized spacial score (nSPS) is 10.2. The molecular weight excluding hydrogens is 285 g/mol. The van der Waals surface area contributed by atoms with E-state index < -0.39 is 11.8 Å². The van der Waals surface area contributed by atoms with Crippen LogP contribution in [0.4, 0.5) is 10.1 Å². The second kappa shape index (κ2) is 5.79. The maximum atomic E-state index is 13.3. The fraction of sp³-hybridized carbons (Fsp3) is 0.0714. The molecule has 0 atom stereocenters. The number of rotatable bonds is 3. The molecule has 4 nitrogen and oxygen atoms in total. The molecule has 0 aliphatic carbocycles. The maximum Gasteiger partial charge on any atom is 0.337 e. The van der Waals surface area contributed by atoms with Gasteiger partial charge in [-0.15, -0.1) is 0 Å². The third kappa shape index (κ3) is 3.00. The Balaban J connectivity index is 2.25. The molecular formula is C14H11ClFNO3. The van der Waals surface area contributed by atoms with Crippen LogP contribution in [0.15, 0.2) is 36.4 Å². The van der Waals surface area contributed by atoms with Crippen molar-refractivity contribution in [1.29, 1.82) is 0 Å². The van der Waals surface area contributed by atoms with Crippen LogP contribution in [-0.4, -0.2) is 13.1 Å². The van der Waals surface area contributed by atoms with Crippen LogP contribution in [0, 0.1) is 5.82 Å². The Morgan fingerprint density at radius 1 is 1.25 bits per heavy atom. The summed E-state index contributed by atoms with van der Waals surface area (Å²) in [5.41, 5.74) is 6.32. The number of methoxy groups -OCH3 is 1. The smallest absolute Gasteiger partial charge is 0.337 e. The van der Waals surface area contributed by atoms with Crippen LogP contribution in [0.1, 0.15) is 10.4 Å². The van der Waals surface area contributed by atoms with E-state index in [1.54, 1.807) is 0 Å². The largest absolute Gasteiger partial charge is 0.465 e. The van der Waals surface area contributed by atoms with E-state index in [2.05, 4.69) is 4.74 Å². The minimum Gasteiger partial charge on any atom is -0.465 e. The molecule has 0 unspecified atom stereocenters. The third-order valence-electron chi connectivity index (χ3n) is 2.55. The van der Waals surface area contributed by atoms with Crippen LogP contribution >= 0.6 is 11.6 Å². The fourth-order valence-electron chi connectivity index (χ4n) is 1.55. The minimum atomic E-state index is -0.589. The van der Waals surface area contributed by atoms with Crippen molar-refractivity contribution in [2.45, 2.75) is 0 Å². The average molecular weight is 296 g/mol. The summed E-state index contributed by atoms with van der Waals surface area (Å²) in [5.74, 6) is -0.529. The Kier molecular flexibility index (Phi) is 4.10. The molecule has 2 N–H and O–H groups in total. The van der Waals surface area contributed by atoms with Crippen LogP contribution in [0.5, 0.6) is 11.5 Å². The Labute approximate surface area is 119 Å². The van der Waals surface area contributed by atoms with Crippen molar-refractivity contribution in [3.8, 4) is 11.5 Å². The first-order valence-corrected chi connectivity index (χ1v) is 6.00. The van der Waals surface area contributed by atoms with Gasteiger partial charge in [0.15, 0.2) is 0 Å². The van der Waals surface area contributed by atoms with E-state index in [0.29, 0.717) is 11.3 Å². The highest BCUT2D eigenvalue weighted by Gasteiger charge is 2.10. The number of hydrogen-bond donors (Lipinski definition) is 1. The van der Waals surface area contributed by atoms with E-state index in [9.17, 15) is 9.18 Å². The highest BCUT2D eigenvalue weighted by molar-refractivity contribution is 6.30. The number of hydrogen-bond acceptors (Lipinski definition) is 4. The fourth-order valence-corrected chi connectivity index (χ4v) is 1.67. The van der Waals surface area contributed by atoms with Crippen molar-refractivity contribution in [2.24, 2.45) is 0 Å². The van der Waals surface area contributed by atoms with Crippen LogP contribution in [0.3, 0.4) is 0 Å². The SMILES string of the molecule is COC(=O)c1ccc(Oc2ccc(Cl)c(F)c2)c(N)c1. The number of carbonyl (C=O) groups excluding carboxylic acids is 1. The molecule has 0 saturated heterocycles. The van der Waals surface area contributed by atoms with Gasteiger partial charge in [-0.25, -0.2) is 9.18 Å². The van der Waals surface area contributed by atoms with Crippen LogP contribution in [0.25, 0.3) is 0 Å². The van der Waals surface area contributed by atoms with E-state index >= 15 is 0 Å². The summed E-state index contributed by atoms with van der Waals surface area (Å²) in [4.78, 5) is 11.3. The topological polar surface area (TPSA) is 61.5 Å². The van der Waals surface area contributed by atoms with Gasteiger partial charge in [0.05, 0.1) is 23.4 Å². The van der Waals surface area contributed by atoms with Gasteiger partial charge in [-0.2, -0.15) is 0 Å². The second-order valence-electron chi connectivity index (χ2n) is 3.92. The number of halogens is 2. The van der Waals surface area contributed by atoms with Crippen LogP contribution in [0.2, 0.25) is 5.02 Å². The molecule has 0 aliphatic heterocycles. The first-order valence-electron chi connectivity index (χ1n) is 5.62. The summed E-state index contributed by atoms with van der Waals surface area (Å²) >= 11 is 5.58. The van der Waals surface area contributed by atoms with Crippen molar-refractivity contribution in [1.82, 2.24) is 0 Å². The standard InChI is InChI=1S/C14H11ClFNO3/c1-19-14(18)8-2-5-13(12(17)6-8)20-9-3-4-10(15)11(16)7-9/h2-7H,17H2,1H3. The lowest BCUT2D eigenvalue weighted by molar-refractivity contribution is 0.0601. The van der Waals surface area contributed by atoms with Gasteiger partial charge in [0, 0.05) is 6.07 Å². The highest BCUT2D eigenvalue weighted by atomic mass is 35.5. The molecule has 0 saturated carbocycles. The van der Waals surface area contributed by atoms with Gasteiger partial charge in [0.1, 0.15) is 17.3 Å². The van der Waals surface area contributed by atoms with Crippen LogP contribution in [-0.2, 0) is 4.74 Å². The summed E-state index contributed by atoms with van der Waals surface area (Å²) in [5, 5.41) is 0.00589. The lowest BCUT2D eigenvalue weighted by Crippen LogP contribution is -2.02. The van der Waals surface area contributed by atoms with Gasteiger partial charge >= 0.3 is 5.97 Å². The van der Waals surface area contributed by atoms with Gasteiger partial charge in [-0.05, 0) is 30.3 Å². The molecule has 104 valence electrons. The molecule has 2 rings (SSSR count). The molecule has 0 radical (unpaired) electrons. The quantitative estimate of drug-likeness (QED) is 0.693. The van der Waals surface area contributed by atoms with E-state index in [-0.39, 0.29) is 16.5 Å². The molecule has 0 fully saturated rings. The molecule has 2 aromatic rings. The molecule has 0 aromatic heterocycles. The summed E-state index contributed by atoms with van der Waals surface area (Å²) in [6.45, 7) is 0. The summed E-state index contributed by atoms with van der Waals surface area (Å²) < 4.78 is 23.3. The number of nitrogens with two attached hydrogens (primary N) is 1. The van der Waals surface area contributed by atoms with Crippen molar-refractivity contribution in [3.63, 3.8) is 0 Å². The summed E-state index contributed by atoms with van der Waals surface area (Å²) in [6, 6.07) is 8.48. The van der Waals surface area contributed by atoms with Gasteiger partial charge in [0.25, 0.3) is 0 Å². The Bertz CT molecular complexity index is 661. The van der Waals surface area contributed by atoms with Crippen molar-refractivity contribution >= 4 is 23.3 Å². The number of ether oxygens (including phenoxy) is 2. The van der Waals surface area contributed by atoms with E-state index in [0.717, 1.165) is 6.07 Å². The van der Waals surface area contributed by atoms with Crippen molar-refractivity contribution in [3.05, 3.63) is 52.8 Å². The Morgan fingerprint density at radius 3 is 2.60 bits per heavy atom. The van der Waals surface area contributed by atoms with Crippen LogP contribution < -0.4 is 10.5 Å². The minimum absolute atomic E-state index is 0.00589. The van der Waals surface area contributed by atoms with E-state index in [4.69, 9.17) is 22.1 Å². The molecule has 0 aliphatic rings. The number of anilines is 1. The lowest BCUT2D eigenvalue weighted by Gasteiger charge is -2.10. The zero-order chi connectivity index (χ0) is 14.7. The van der Waals surface area contributed by atoms with Gasteiger partial charge in [0.2, 0.25) is 0 Å². The van der Waals surface area contributed by atoms with Gasteiger partial charge in [-0.1, -0.05) is 11.6 Å². The molecule has 0 amide bonds. The lowest BCUT2D eigenvalue weighted by atomic mass is 10.2. The number of nitrogen functional groups attached to an aromatic ring is 1. The van der Waals surface area contributed by atoms with E-state index in [1.807, 2.05) is 0 Å². The Hall–Kier alpha value is -2.27. The molecule has 6 heteroatoms. The zero-order valence-electron chi connectivity index (χ0n) is 10.5. The number of esters is 1. The molecule has 20 heavy (non-hydrogen) atoms. The molecule has 0 spiro atoms. The first-order chi connectivity index (χ1) is 9.51. The molecule has 0 bridgehead atoms. The predicted molar refractivity (Wildman–Crippen MR) is 73.7 cm³/mol. The monoisotopic (exact) mass is 295 g/mol. The Morgan fingerprint density at radius 2 is 2.00 bits per heavy atom. The molecule has 2 aromatic carbocycles. The highest BCUT2D eigenvalue weighted by Crippen LogP contribution is 2.30. The number of carbonyl (C=O) groups is 1. The second-order valence-corrected chi connectivity index (χ2v) is 4.33. The van der Waals surface area contributed by atoms with Gasteiger partial charge in [-0.3, -0.25) is 0 Å². The van der Waals surface area contributed by atoms with Gasteiger partial charge < -0.3 is 15.2 Å². The summed E-state index contributed by atoms with van der Waals surface area (Å²) in [7, 11) is 1.28. The zero-order valence-corrected chi connectivity index (χ0v) is 11.3. The predicted octanol–water partition coefficient (Wildman–Crippen LogP) is 3.64. The summed E-state index contributed by atoms with van der Waals surface area (Å²) in [6.07, 6.45) is 0. The van der Waals surface area contributed by atoms with Crippen molar-refractivity contribution in [2.75, 3.05) is 12.8 Å². The van der Waals surface area contributed by atoms with Crippen molar-refractivity contribution < 1.29 is 18.7 Å². The number of benzene rings is 2.